The maximum absolute atomic E-state index is 13.5. The first-order valence-corrected chi connectivity index (χ1v) is 12.3. The van der Waals surface area contributed by atoms with Crippen molar-refractivity contribution in [2.45, 2.75) is 64.6 Å². The Morgan fingerprint density at radius 1 is 1.22 bits per heavy atom. The van der Waals surface area contributed by atoms with Crippen molar-refractivity contribution in [2.24, 2.45) is 5.92 Å². The molecule has 3 heterocycles. The maximum atomic E-state index is 13.5. The molecule has 1 amide bonds. The molecule has 0 radical (unpaired) electrons. The molecule has 0 bridgehead atoms. The van der Waals surface area contributed by atoms with Gasteiger partial charge in [-0.25, -0.2) is 4.39 Å². The monoisotopic (exact) mass is 491 g/mol. The number of Topliss-reactive ketones (excluding diaryl/α,β-unsaturated/α-hetero) is 1. The Labute approximate surface area is 209 Å². The molecule has 1 fully saturated rings. The largest absolute Gasteiger partial charge is 0.417 e. The Morgan fingerprint density at radius 2 is 2.03 bits per heavy atom. The van der Waals surface area contributed by atoms with Crippen molar-refractivity contribution in [2.75, 3.05) is 0 Å². The van der Waals surface area contributed by atoms with Gasteiger partial charge in [0, 0.05) is 24.0 Å². The van der Waals surface area contributed by atoms with Gasteiger partial charge in [-0.15, -0.1) is 10.2 Å². The van der Waals surface area contributed by atoms with Gasteiger partial charge in [-0.2, -0.15) is 0 Å². The summed E-state index contributed by atoms with van der Waals surface area (Å²) >= 11 is 0. The minimum Gasteiger partial charge on any atom is -0.417 e. The number of hydrogen-bond acceptors (Lipinski definition) is 7. The van der Waals surface area contributed by atoms with Crippen molar-refractivity contribution in [1.82, 2.24) is 25.5 Å². The van der Waals surface area contributed by atoms with Crippen molar-refractivity contribution in [3.05, 3.63) is 71.7 Å². The van der Waals surface area contributed by atoms with Crippen LogP contribution in [-0.2, 0) is 6.42 Å². The van der Waals surface area contributed by atoms with Gasteiger partial charge < -0.3 is 9.73 Å². The number of carbonyl (C=O) groups excluding carboxylic acids is 2. The summed E-state index contributed by atoms with van der Waals surface area (Å²) in [6, 6.07) is 6.82. The van der Waals surface area contributed by atoms with Gasteiger partial charge in [0.2, 0.25) is 5.89 Å². The SMILES string of the molecule is C=C(CC1CCCC[C@H]1NC(=O)c1ccccn1)C(=O)c1cc(-c2nnc(C(C)F)o2)cnc1CC. The van der Waals surface area contributed by atoms with Gasteiger partial charge >= 0.3 is 0 Å². The van der Waals surface area contributed by atoms with Crippen LogP contribution in [0.3, 0.4) is 0 Å². The number of nitrogens with one attached hydrogen (secondary N) is 1. The molecule has 3 aromatic rings. The zero-order valence-electron chi connectivity index (χ0n) is 20.5. The van der Waals surface area contributed by atoms with Crippen LogP contribution >= 0.6 is 0 Å². The van der Waals surface area contributed by atoms with E-state index in [1.807, 2.05) is 6.92 Å². The highest BCUT2D eigenvalue weighted by Gasteiger charge is 2.29. The van der Waals surface area contributed by atoms with Crippen molar-refractivity contribution in [1.29, 1.82) is 0 Å². The van der Waals surface area contributed by atoms with Crippen molar-refractivity contribution in [3.8, 4) is 11.5 Å². The number of aryl methyl sites for hydroxylation is 1. The van der Waals surface area contributed by atoms with Crippen LogP contribution in [0.15, 0.2) is 53.2 Å². The van der Waals surface area contributed by atoms with Gasteiger partial charge in [0.05, 0.1) is 11.3 Å². The minimum atomic E-state index is -1.39. The van der Waals surface area contributed by atoms with Crippen LogP contribution in [0, 0.1) is 5.92 Å². The lowest BCUT2D eigenvalue weighted by Gasteiger charge is -2.32. The van der Waals surface area contributed by atoms with Crippen LogP contribution in [0.25, 0.3) is 11.5 Å². The number of amides is 1. The smallest absolute Gasteiger partial charge is 0.270 e. The van der Waals surface area contributed by atoms with Crippen LogP contribution in [0.5, 0.6) is 0 Å². The van der Waals surface area contributed by atoms with E-state index in [0.717, 1.165) is 25.7 Å². The number of rotatable bonds is 9. The average molecular weight is 492 g/mol. The Bertz CT molecular complexity index is 1240. The lowest BCUT2D eigenvalue weighted by atomic mass is 9.79. The molecule has 4 rings (SSSR count). The third kappa shape index (κ3) is 5.72. The van der Waals surface area contributed by atoms with E-state index in [0.29, 0.717) is 40.9 Å². The van der Waals surface area contributed by atoms with Crippen molar-refractivity contribution in [3.63, 3.8) is 0 Å². The summed E-state index contributed by atoms with van der Waals surface area (Å²) in [5, 5.41) is 10.7. The molecule has 3 atom stereocenters. The van der Waals surface area contributed by atoms with Crippen LogP contribution in [0.2, 0.25) is 0 Å². The second-order valence-corrected chi connectivity index (χ2v) is 9.11. The van der Waals surface area contributed by atoms with E-state index in [2.05, 4.69) is 32.1 Å². The molecular formula is C27H30FN5O3. The molecule has 1 N–H and O–H groups in total. The molecule has 0 aliphatic heterocycles. The first-order valence-electron chi connectivity index (χ1n) is 12.3. The predicted molar refractivity (Wildman–Crippen MR) is 132 cm³/mol. The number of carbonyl (C=O) groups is 2. The lowest BCUT2D eigenvalue weighted by Crippen LogP contribution is -2.42. The molecule has 0 saturated heterocycles. The number of halogens is 1. The zero-order chi connectivity index (χ0) is 25.7. The topological polar surface area (TPSA) is 111 Å². The maximum Gasteiger partial charge on any atom is 0.270 e. The lowest BCUT2D eigenvalue weighted by molar-refractivity contribution is 0.0900. The second-order valence-electron chi connectivity index (χ2n) is 9.11. The molecule has 2 unspecified atom stereocenters. The molecule has 3 aromatic heterocycles. The Hall–Kier alpha value is -3.75. The first-order chi connectivity index (χ1) is 17.4. The standard InChI is InChI=1S/C27H30FN5O3/c1-4-21-20(14-19(15-30-21)27-33-32-26(36-27)17(3)28)24(34)16(2)13-18-9-5-6-10-22(18)31-25(35)23-11-7-8-12-29-23/h7-8,11-12,14-15,17-18,22H,2,4-6,9-10,13H2,1,3H3,(H,31,35)/t17?,18?,22-/m1/s1. The normalized spacial score (nSPS) is 18.4. The molecule has 36 heavy (non-hydrogen) atoms. The van der Waals surface area contributed by atoms with E-state index in [-0.39, 0.29) is 35.4 Å². The van der Waals surface area contributed by atoms with Gasteiger partial charge in [0.1, 0.15) is 5.69 Å². The highest BCUT2D eigenvalue weighted by molar-refractivity contribution is 6.09. The summed E-state index contributed by atoms with van der Waals surface area (Å²) in [6.07, 6.45) is 6.54. The summed E-state index contributed by atoms with van der Waals surface area (Å²) in [5.41, 5.74) is 2.32. The molecule has 8 nitrogen and oxygen atoms in total. The molecular weight excluding hydrogens is 461 g/mol. The summed E-state index contributed by atoms with van der Waals surface area (Å²) < 4.78 is 18.9. The number of hydrogen-bond donors (Lipinski definition) is 1. The van der Waals surface area contributed by atoms with Crippen LogP contribution in [0.4, 0.5) is 4.39 Å². The average Bonchev–Trinajstić information content (AvgIpc) is 3.40. The summed E-state index contributed by atoms with van der Waals surface area (Å²) in [7, 11) is 0. The van der Waals surface area contributed by atoms with E-state index in [4.69, 9.17) is 4.42 Å². The molecule has 9 heteroatoms. The van der Waals surface area contributed by atoms with Crippen molar-refractivity contribution < 1.29 is 18.4 Å². The minimum absolute atomic E-state index is 0.0626. The van der Waals surface area contributed by atoms with E-state index in [1.54, 1.807) is 36.7 Å². The van der Waals surface area contributed by atoms with Crippen LogP contribution < -0.4 is 5.32 Å². The highest BCUT2D eigenvalue weighted by atomic mass is 19.1. The summed E-state index contributed by atoms with van der Waals surface area (Å²) in [6.45, 7) is 7.33. The second kappa shape index (κ2) is 11.3. The van der Waals surface area contributed by atoms with E-state index in [9.17, 15) is 14.0 Å². The fourth-order valence-electron chi connectivity index (χ4n) is 4.58. The molecule has 1 aliphatic rings. The Kier molecular flexibility index (Phi) is 7.97. The highest BCUT2D eigenvalue weighted by Crippen LogP contribution is 2.31. The summed E-state index contributed by atoms with van der Waals surface area (Å²) in [5.74, 6) is -0.350. The first kappa shape index (κ1) is 25.3. The molecule has 0 spiro atoms. The predicted octanol–water partition coefficient (Wildman–Crippen LogP) is 5.24. The Morgan fingerprint density at radius 3 is 2.72 bits per heavy atom. The zero-order valence-corrected chi connectivity index (χ0v) is 20.5. The molecule has 188 valence electrons. The van der Waals surface area contributed by atoms with Gasteiger partial charge in [-0.3, -0.25) is 19.6 Å². The van der Waals surface area contributed by atoms with Gasteiger partial charge in [-0.05, 0) is 62.3 Å². The van der Waals surface area contributed by atoms with E-state index in [1.165, 1.54) is 6.92 Å². The number of nitrogens with zero attached hydrogens (tertiary/aromatic N) is 4. The fourth-order valence-corrected chi connectivity index (χ4v) is 4.58. The number of alkyl halides is 1. The number of aromatic nitrogens is 4. The summed E-state index contributed by atoms with van der Waals surface area (Å²) in [4.78, 5) is 34.7. The Balaban J connectivity index is 1.50. The number of allylic oxidation sites excluding steroid dienone is 1. The quantitative estimate of drug-likeness (QED) is 0.322. The van der Waals surface area contributed by atoms with Crippen LogP contribution in [-0.4, -0.2) is 37.9 Å². The molecule has 1 saturated carbocycles. The third-order valence-corrected chi connectivity index (χ3v) is 6.53. The van der Waals surface area contributed by atoms with Gasteiger partial charge in [-0.1, -0.05) is 32.4 Å². The molecule has 0 aromatic carbocycles. The fraction of sp³-hybridized carbons (Fsp3) is 0.407. The number of ketones is 1. The van der Waals surface area contributed by atoms with Gasteiger partial charge in [0.15, 0.2) is 12.0 Å². The van der Waals surface area contributed by atoms with Gasteiger partial charge in [0.25, 0.3) is 11.8 Å². The number of pyridine rings is 2. The third-order valence-electron chi connectivity index (χ3n) is 6.53. The van der Waals surface area contributed by atoms with Crippen molar-refractivity contribution >= 4 is 11.7 Å². The van der Waals surface area contributed by atoms with E-state index >= 15 is 0 Å². The molecule has 1 aliphatic carbocycles. The van der Waals surface area contributed by atoms with Crippen LogP contribution in [0.1, 0.15) is 84.6 Å². The van der Waals surface area contributed by atoms with E-state index < -0.39 is 6.17 Å².